The van der Waals surface area contributed by atoms with Crippen LogP contribution >= 0.6 is 0 Å². The molecule has 26 heavy (non-hydrogen) atoms. The summed E-state index contributed by atoms with van der Waals surface area (Å²) in [5.74, 6) is 2.51. The molecular weight excluding hydrogens is 334 g/mol. The number of likely N-dealkylation sites (tertiary alicyclic amines) is 1. The van der Waals surface area contributed by atoms with Crippen molar-refractivity contribution in [1.82, 2.24) is 20.4 Å². The molecule has 1 aliphatic heterocycles. The average molecular weight is 365 g/mol. The van der Waals surface area contributed by atoms with Gasteiger partial charge in [0.1, 0.15) is 0 Å². The molecule has 0 atom stereocenters. The quantitative estimate of drug-likeness (QED) is 0.342. The predicted octanol–water partition coefficient (Wildman–Crippen LogP) is 1.98. The van der Waals surface area contributed by atoms with Crippen molar-refractivity contribution in [3.05, 3.63) is 11.7 Å². The summed E-state index contributed by atoms with van der Waals surface area (Å²) in [6, 6.07) is 0. The summed E-state index contributed by atoms with van der Waals surface area (Å²) >= 11 is 0. The Morgan fingerprint density at radius 3 is 2.73 bits per heavy atom. The molecule has 2 heterocycles. The Labute approximate surface area is 155 Å². The Bertz CT molecular complexity index is 591. The number of nitrogens with one attached hydrogen (secondary N) is 1. The van der Waals surface area contributed by atoms with E-state index in [0.29, 0.717) is 12.4 Å². The minimum atomic E-state index is -0.105. The molecule has 1 N–H and O–H groups in total. The molecule has 0 aromatic carbocycles. The number of carbonyl (C=O) groups is 1. The van der Waals surface area contributed by atoms with Crippen molar-refractivity contribution in [3.63, 3.8) is 0 Å². The van der Waals surface area contributed by atoms with Crippen LogP contribution in [0.2, 0.25) is 0 Å². The molecule has 0 radical (unpaired) electrons. The van der Waals surface area contributed by atoms with Crippen LogP contribution in [0.4, 0.5) is 0 Å². The molecule has 2 rings (SSSR count). The van der Waals surface area contributed by atoms with Crippen molar-refractivity contribution in [2.75, 3.05) is 33.3 Å². The number of ether oxygens (including phenoxy) is 1. The molecule has 0 saturated carbocycles. The fourth-order valence-corrected chi connectivity index (χ4v) is 2.94. The van der Waals surface area contributed by atoms with E-state index in [1.54, 1.807) is 0 Å². The van der Waals surface area contributed by atoms with Crippen LogP contribution in [0.15, 0.2) is 9.52 Å². The first-order valence-corrected chi connectivity index (χ1v) is 9.48. The summed E-state index contributed by atoms with van der Waals surface area (Å²) in [6.45, 7) is 9.29. The maximum absolute atomic E-state index is 11.7. The van der Waals surface area contributed by atoms with Crippen molar-refractivity contribution in [3.8, 4) is 0 Å². The first-order chi connectivity index (χ1) is 12.5. The monoisotopic (exact) mass is 365 g/mol. The minimum Gasteiger partial charge on any atom is -0.469 e. The zero-order valence-corrected chi connectivity index (χ0v) is 16.3. The number of nitrogens with zero attached hydrogens (tertiary/aromatic N) is 4. The number of hydrogen-bond donors (Lipinski definition) is 1. The number of aryl methyl sites for hydroxylation is 1. The minimum absolute atomic E-state index is 0.00630. The molecule has 0 amide bonds. The highest BCUT2D eigenvalue weighted by Crippen LogP contribution is 2.18. The smallest absolute Gasteiger partial charge is 0.308 e. The molecule has 0 spiro atoms. The van der Waals surface area contributed by atoms with E-state index in [0.717, 1.165) is 57.1 Å². The first kappa shape index (κ1) is 20.2. The van der Waals surface area contributed by atoms with Crippen LogP contribution in [0.5, 0.6) is 0 Å². The number of aliphatic imine (C=N–C) groups is 1. The normalized spacial score (nSPS) is 16.2. The molecule has 1 aromatic rings. The first-order valence-electron chi connectivity index (χ1n) is 9.48. The number of piperidine rings is 1. The van der Waals surface area contributed by atoms with Crippen LogP contribution in [0, 0.1) is 5.92 Å². The molecule has 0 unspecified atom stereocenters. The Morgan fingerprint density at radius 1 is 1.42 bits per heavy atom. The van der Waals surface area contributed by atoms with Gasteiger partial charge < -0.3 is 19.5 Å². The molecule has 0 bridgehead atoms. The molecular formula is C18H31N5O3. The van der Waals surface area contributed by atoms with Gasteiger partial charge in [-0.15, -0.1) is 0 Å². The summed E-state index contributed by atoms with van der Waals surface area (Å²) < 4.78 is 10.1. The van der Waals surface area contributed by atoms with Crippen LogP contribution in [-0.4, -0.2) is 60.3 Å². The molecule has 1 fully saturated rings. The lowest BCUT2D eigenvalue weighted by atomic mass is 9.97. The number of carbonyl (C=O) groups excluding carboxylic acids is 1. The number of guanidine groups is 1. The molecule has 0 aliphatic carbocycles. The van der Waals surface area contributed by atoms with Crippen LogP contribution < -0.4 is 5.32 Å². The second-order valence-electron chi connectivity index (χ2n) is 6.82. The van der Waals surface area contributed by atoms with Gasteiger partial charge in [0, 0.05) is 38.5 Å². The number of aromatic nitrogens is 2. The molecule has 1 aromatic heterocycles. The molecule has 8 nitrogen and oxygen atoms in total. The van der Waals surface area contributed by atoms with Crippen molar-refractivity contribution in [2.24, 2.45) is 10.9 Å². The summed E-state index contributed by atoms with van der Waals surface area (Å²) in [5.41, 5.74) is 0. The summed E-state index contributed by atoms with van der Waals surface area (Å²) in [4.78, 5) is 23.0. The van der Waals surface area contributed by atoms with Gasteiger partial charge in [0.2, 0.25) is 5.89 Å². The second-order valence-corrected chi connectivity index (χ2v) is 6.82. The standard InChI is InChI=1S/C18H31N5O3/c1-5-19-18(23-11-8-14(9-12-23)17(24)25-4)20-10-6-7-15-21-16(13(2)3)22-26-15/h13-14H,5-12H2,1-4H3,(H,19,20). The summed E-state index contributed by atoms with van der Waals surface area (Å²) in [7, 11) is 1.45. The maximum atomic E-state index is 11.7. The molecule has 146 valence electrons. The van der Waals surface area contributed by atoms with Gasteiger partial charge in [0.15, 0.2) is 11.8 Å². The SMILES string of the molecule is CCNC(=NCCCc1nc(C(C)C)no1)N1CCC(C(=O)OC)CC1. The topological polar surface area (TPSA) is 92.9 Å². The molecule has 8 heteroatoms. The Balaban J connectivity index is 1.81. The van der Waals surface area contributed by atoms with Gasteiger partial charge in [-0.25, -0.2) is 0 Å². The lowest BCUT2D eigenvalue weighted by Gasteiger charge is -2.33. The highest BCUT2D eigenvalue weighted by atomic mass is 16.5. The van der Waals surface area contributed by atoms with Crippen LogP contribution in [-0.2, 0) is 16.0 Å². The number of methoxy groups -OCH3 is 1. The maximum Gasteiger partial charge on any atom is 0.308 e. The third-order valence-electron chi connectivity index (χ3n) is 4.47. The van der Waals surface area contributed by atoms with Gasteiger partial charge in [0.25, 0.3) is 0 Å². The van der Waals surface area contributed by atoms with Crippen LogP contribution in [0.3, 0.4) is 0 Å². The lowest BCUT2D eigenvalue weighted by Crippen LogP contribution is -2.46. The van der Waals surface area contributed by atoms with Crippen molar-refractivity contribution in [2.45, 2.75) is 52.4 Å². The fraction of sp³-hybridized carbons (Fsp3) is 0.778. The van der Waals surface area contributed by atoms with E-state index in [1.165, 1.54) is 7.11 Å². The summed E-state index contributed by atoms with van der Waals surface area (Å²) in [5, 5.41) is 7.32. The van der Waals surface area contributed by atoms with Crippen molar-refractivity contribution >= 4 is 11.9 Å². The third kappa shape index (κ3) is 5.71. The van der Waals surface area contributed by atoms with Crippen LogP contribution in [0.25, 0.3) is 0 Å². The van der Waals surface area contributed by atoms with Crippen molar-refractivity contribution in [1.29, 1.82) is 0 Å². The van der Waals surface area contributed by atoms with Crippen LogP contribution in [0.1, 0.15) is 57.7 Å². The Kier molecular flexibility index (Phi) is 7.87. The van der Waals surface area contributed by atoms with E-state index in [1.807, 2.05) is 13.8 Å². The van der Waals surface area contributed by atoms with Gasteiger partial charge in [-0.05, 0) is 26.2 Å². The van der Waals surface area contributed by atoms with Gasteiger partial charge >= 0.3 is 5.97 Å². The van der Waals surface area contributed by atoms with E-state index in [9.17, 15) is 4.79 Å². The Hall–Kier alpha value is -2.12. The van der Waals surface area contributed by atoms with E-state index in [-0.39, 0.29) is 17.8 Å². The Morgan fingerprint density at radius 2 is 2.15 bits per heavy atom. The highest BCUT2D eigenvalue weighted by molar-refractivity contribution is 5.80. The lowest BCUT2D eigenvalue weighted by molar-refractivity contribution is -0.146. The number of rotatable bonds is 7. The predicted molar refractivity (Wildman–Crippen MR) is 99.0 cm³/mol. The molecule has 1 saturated heterocycles. The van der Waals surface area contributed by atoms with E-state index in [2.05, 4.69) is 27.3 Å². The molecule has 1 aliphatic rings. The zero-order chi connectivity index (χ0) is 18.9. The van der Waals surface area contributed by atoms with Gasteiger partial charge in [-0.2, -0.15) is 4.98 Å². The average Bonchev–Trinajstić information content (AvgIpc) is 3.13. The largest absolute Gasteiger partial charge is 0.469 e. The third-order valence-corrected chi connectivity index (χ3v) is 4.47. The van der Waals surface area contributed by atoms with E-state index in [4.69, 9.17) is 14.3 Å². The van der Waals surface area contributed by atoms with E-state index >= 15 is 0 Å². The fourth-order valence-electron chi connectivity index (χ4n) is 2.94. The van der Waals surface area contributed by atoms with Gasteiger partial charge in [-0.3, -0.25) is 9.79 Å². The number of hydrogen-bond acceptors (Lipinski definition) is 6. The second kappa shape index (κ2) is 10.1. The number of esters is 1. The summed E-state index contributed by atoms with van der Waals surface area (Å²) in [6.07, 6.45) is 3.19. The van der Waals surface area contributed by atoms with Gasteiger partial charge in [-0.1, -0.05) is 19.0 Å². The van der Waals surface area contributed by atoms with Gasteiger partial charge in [0.05, 0.1) is 13.0 Å². The van der Waals surface area contributed by atoms with E-state index < -0.39 is 0 Å². The highest BCUT2D eigenvalue weighted by Gasteiger charge is 2.26. The van der Waals surface area contributed by atoms with Crippen molar-refractivity contribution < 1.29 is 14.1 Å². The zero-order valence-electron chi connectivity index (χ0n) is 16.3.